The van der Waals surface area contributed by atoms with Gasteiger partial charge in [0.2, 0.25) is 0 Å². The average Bonchev–Trinajstić information content (AvgIpc) is 2.56. The van der Waals surface area contributed by atoms with E-state index in [0.717, 1.165) is 6.61 Å². The lowest BCUT2D eigenvalue weighted by Crippen LogP contribution is -3.00. The molecule has 1 fully saturated rings. The van der Waals surface area contributed by atoms with Gasteiger partial charge >= 0.3 is 0 Å². The van der Waals surface area contributed by atoms with Crippen LogP contribution in [0.15, 0.2) is 0 Å². The van der Waals surface area contributed by atoms with E-state index in [1.165, 1.54) is 96.3 Å². The molecule has 0 heterocycles. The molecular weight excluding hydrogens is 318 g/mol. The van der Waals surface area contributed by atoms with E-state index in [4.69, 9.17) is 4.74 Å². The van der Waals surface area contributed by atoms with Gasteiger partial charge in [-0.05, 0) is 33.4 Å². The highest BCUT2D eigenvalue weighted by molar-refractivity contribution is 4.70. The first kappa shape index (κ1) is 24.2. The molecule has 0 N–H and O–H groups in total. The Morgan fingerprint density at radius 3 is 1.92 bits per heavy atom. The lowest BCUT2D eigenvalue weighted by atomic mass is 9.97. The first-order chi connectivity index (χ1) is 11.2. The number of hydrogen-bond donors (Lipinski definition) is 0. The van der Waals surface area contributed by atoms with Crippen molar-refractivity contribution in [3.63, 3.8) is 0 Å². The summed E-state index contributed by atoms with van der Waals surface area (Å²) in [5.74, 6) is 0. The molecule has 1 aliphatic carbocycles. The zero-order chi connectivity index (χ0) is 16.8. The number of nitrogens with zero attached hydrogens (tertiary/aromatic N) is 1. The van der Waals surface area contributed by atoms with E-state index < -0.39 is 0 Å². The molecule has 0 aromatic rings. The number of ether oxygens (including phenoxy) is 1. The van der Waals surface area contributed by atoms with Gasteiger partial charge in [-0.1, -0.05) is 84.0 Å². The molecule has 24 heavy (non-hydrogen) atoms. The van der Waals surface area contributed by atoms with Gasteiger partial charge in [-0.3, -0.25) is 0 Å². The van der Waals surface area contributed by atoms with Crippen LogP contribution in [-0.2, 0) is 4.74 Å². The van der Waals surface area contributed by atoms with Crippen molar-refractivity contribution >= 4 is 0 Å². The molecule has 0 bridgehead atoms. The summed E-state index contributed by atoms with van der Waals surface area (Å²) in [6, 6.07) is 0.612. The predicted molar refractivity (Wildman–Crippen MR) is 102 cm³/mol. The Kier molecular flexibility index (Phi) is 16.8. The van der Waals surface area contributed by atoms with Crippen molar-refractivity contribution in [2.75, 3.05) is 20.7 Å². The first-order valence-electron chi connectivity index (χ1n) is 10.5. The molecule has 0 radical (unpaired) electrons. The van der Waals surface area contributed by atoms with Crippen LogP contribution in [0, 0.1) is 0 Å². The summed E-state index contributed by atoms with van der Waals surface area (Å²) < 4.78 is 6.20. The molecule has 1 saturated carbocycles. The minimum absolute atomic E-state index is 0. The van der Waals surface area contributed by atoms with Crippen LogP contribution >= 0.6 is 0 Å². The van der Waals surface area contributed by atoms with Gasteiger partial charge in [0, 0.05) is 6.04 Å². The largest absolute Gasteiger partial charge is 1.00 e. The summed E-state index contributed by atoms with van der Waals surface area (Å²) in [4.78, 5) is 2.37. The molecule has 1 aliphatic rings. The Morgan fingerprint density at radius 1 is 0.833 bits per heavy atom. The van der Waals surface area contributed by atoms with Gasteiger partial charge in [-0.2, -0.15) is 0 Å². The predicted octanol–water partition coefficient (Wildman–Crippen LogP) is 3.19. The Morgan fingerprint density at radius 2 is 1.38 bits per heavy atom. The first-order valence-corrected chi connectivity index (χ1v) is 10.5. The lowest BCUT2D eigenvalue weighted by Gasteiger charge is -2.28. The monoisotopic (exact) mass is 360 g/mol. The molecule has 0 aromatic heterocycles. The SMILES string of the molecule is CCCCCCCCCCCC(COC1CCCCC1)N(C)C.[Cl-]. The summed E-state index contributed by atoms with van der Waals surface area (Å²) in [6.45, 7) is 3.23. The second-order valence-electron chi connectivity index (χ2n) is 7.83. The Balaban J connectivity index is 0.00000529. The van der Waals surface area contributed by atoms with Crippen LogP contribution in [0.3, 0.4) is 0 Å². The van der Waals surface area contributed by atoms with Gasteiger partial charge in [-0.25, -0.2) is 0 Å². The van der Waals surface area contributed by atoms with E-state index in [0.29, 0.717) is 12.1 Å². The summed E-state index contributed by atoms with van der Waals surface area (Å²) in [5.41, 5.74) is 0. The van der Waals surface area contributed by atoms with Gasteiger partial charge < -0.3 is 22.0 Å². The fourth-order valence-electron chi connectivity index (χ4n) is 3.66. The quantitative estimate of drug-likeness (QED) is 0.441. The van der Waals surface area contributed by atoms with Gasteiger partial charge in [0.25, 0.3) is 0 Å². The third-order valence-corrected chi connectivity index (χ3v) is 5.45. The topological polar surface area (TPSA) is 12.5 Å². The van der Waals surface area contributed by atoms with Crippen LogP contribution in [0.2, 0.25) is 0 Å². The van der Waals surface area contributed by atoms with Crippen LogP contribution in [0.4, 0.5) is 0 Å². The molecule has 146 valence electrons. The molecule has 0 amide bonds. The number of halogens is 1. The van der Waals surface area contributed by atoms with Gasteiger partial charge in [0.1, 0.15) is 0 Å². The van der Waals surface area contributed by atoms with Crippen molar-refractivity contribution in [2.24, 2.45) is 0 Å². The zero-order valence-corrected chi connectivity index (χ0v) is 17.5. The van der Waals surface area contributed by atoms with Crippen molar-refractivity contribution in [3.05, 3.63) is 0 Å². The number of hydrogen-bond acceptors (Lipinski definition) is 2. The lowest BCUT2D eigenvalue weighted by molar-refractivity contribution is -0.00220. The number of unbranched alkanes of at least 4 members (excludes halogenated alkanes) is 8. The molecule has 0 aromatic carbocycles. The normalized spacial score (nSPS) is 17.0. The third-order valence-electron chi connectivity index (χ3n) is 5.45. The number of rotatable bonds is 14. The van der Waals surface area contributed by atoms with Crippen molar-refractivity contribution in [3.8, 4) is 0 Å². The summed E-state index contributed by atoms with van der Waals surface area (Å²) in [6.07, 6.45) is 21.3. The third kappa shape index (κ3) is 12.6. The maximum absolute atomic E-state index is 6.20. The zero-order valence-electron chi connectivity index (χ0n) is 16.7. The standard InChI is InChI=1S/C21H43NO.ClH/c1-4-5-6-7-8-9-10-11-13-16-20(22(2)3)19-23-21-17-14-12-15-18-21;/h20-21H,4-19H2,1-3H3;1H/p-1. The van der Waals surface area contributed by atoms with E-state index in [2.05, 4.69) is 25.9 Å². The van der Waals surface area contributed by atoms with Gasteiger partial charge in [0.15, 0.2) is 0 Å². The molecule has 2 nitrogen and oxygen atoms in total. The van der Waals surface area contributed by atoms with Crippen molar-refractivity contribution in [2.45, 2.75) is 115 Å². The van der Waals surface area contributed by atoms with Gasteiger partial charge in [-0.15, -0.1) is 0 Å². The second kappa shape index (κ2) is 16.7. The van der Waals surface area contributed by atoms with Crippen LogP contribution < -0.4 is 12.4 Å². The van der Waals surface area contributed by atoms with E-state index in [1.54, 1.807) is 0 Å². The second-order valence-corrected chi connectivity index (χ2v) is 7.83. The molecule has 1 atom stereocenters. The highest BCUT2D eigenvalue weighted by Crippen LogP contribution is 2.21. The molecule has 1 rings (SSSR count). The minimum atomic E-state index is 0. The van der Waals surface area contributed by atoms with Crippen LogP contribution in [0.25, 0.3) is 0 Å². The Bertz CT molecular complexity index is 254. The van der Waals surface area contributed by atoms with Crippen molar-refractivity contribution < 1.29 is 17.1 Å². The van der Waals surface area contributed by atoms with Crippen LogP contribution in [0.5, 0.6) is 0 Å². The Labute approximate surface area is 158 Å². The number of likely N-dealkylation sites (N-methyl/N-ethyl adjacent to an activating group) is 1. The van der Waals surface area contributed by atoms with Crippen molar-refractivity contribution in [1.29, 1.82) is 0 Å². The molecular formula is C21H43ClNO-. The Hall–Kier alpha value is 0.210. The molecule has 0 saturated heterocycles. The highest BCUT2D eigenvalue weighted by atomic mass is 35.5. The summed E-state index contributed by atoms with van der Waals surface area (Å²) in [5, 5.41) is 0. The molecule has 0 aliphatic heterocycles. The van der Waals surface area contributed by atoms with Crippen LogP contribution in [0.1, 0.15) is 103 Å². The van der Waals surface area contributed by atoms with E-state index in [-0.39, 0.29) is 12.4 Å². The summed E-state index contributed by atoms with van der Waals surface area (Å²) in [7, 11) is 4.42. The van der Waals surface area contributed by atoms with E-state index >= 15 is 0 Å². The van der Waals surface area contributed by atoms with Gasteiger partial charge in [0.05, 0.1) is 12.7 Å². The highest BCUT2D eigenvalue weighted by Gasteiger charge is 2.17. The molecule has 1 unspecified atom stereocenters. The summed E-state index contributed by atoms with van der Waals surface area (Å²) >= 11 is 0. The van der Waals surface area contributed by atoms with Crippen LogP contribution in [-0.4, -0.2) is 37.7 Å². The molecule has 3 heteroatoms. The molecule has 0 spiro atoms. The van der Waals surface area contributed by atoms with E-state index in [9.17, 15) is 0 Å². The minimum Gasteiger partial charge on any atom is -1.00 e. The fourth-order valence-corrected chi connectivity index (χ4v) is 3.66. The maximum atomic E-state index is 6.20. The smallest absolute Gasteiger partial charge is 0.0625 e. The van der Waals surface area contributed by atoms with E-state index in [1.807, 2.05) is 0 Å². The fraction of sp³-hybridized carbons (Fsp3) is 1.00. The average molecular weight is 361 g/mol. The van der Waals surface area contributed by atoms with Crippen molar-refractivity contribution in [1.82, 2.24) is 4.90 Å². The maximum Gasteiger partial charge on any atom is 0.0625 e.